The van der Waals surface area contributed by atoms with Crippen LogP contribution in [0.5, 0.6) is 5.75 Å². The minimum absolute atomic E-state index is 0.0728. The largest absolute Gasteiger partial charge is 0.496 e. The number of nitrogens with zero attached hydrogens (tertiary/aromatic N) is 2. The van der Waals surface area contributed by atoms with Gasteiger partial charge < -0.3 is 9.64 Å². The minimum Gasteiger partial charge on any atom is -0.496 e. The molecule has 1 unspecified atom stereocenters. The highest BCUT2D eigenvalue weighted by molar-refractivity contribution is 6.36. The fraction of sp³-hybridized carbons (Fsp3) is 0.348. The molecule has 0 N–H and O–H groups in total. The highest BCUT2D eigenvalue weighted by Crippen LogP contribution is 2.45. The maximum atomic E-state index is 9.74. The molecular formula is C23H24Cl2N2O. The van der Waals surface area contributed by atoms with E-state index in [-0.39, 0.29) is 5.54 Å². The van der Waals surface area contributed by atoms with Crippen molar-refractivity contribution in [1.82, 2.24) is 0 Å². The van der Waals surface area contributed by atoms with Crippen molar-refractivity contribution in [3.05, 3.63) is 57.1 Å². The number of benzene rings is 2. The van der Waals surface area contributed by atoms with E-state index in [9.17, 15) is 5.26 Å². The van der Waals surface area contributed by atoms with Crippen LogP contribution in [0.15, 0.2) is 30.3 Å². The second-order valence-electron chi connectivity index (χ2n) is 7.92. The zero-order chi connectivity index (χ0) is 20.6. The zero-order valence-corrected chi connectivity index (χ0v) is 18.3. The summed E-state index contributed by atoms with van der Waals surface area (Å²) in [5.74, 6) is 1.14. The van der Waals surface area contributed by atoms with Gasteiger partial charge in [-0.05, 0) is 56.0 Å². The highest BCUT2D eigenvalue weighted by atomic mass is 35.5. The third-order valence-corrected chi connectivity index (χ3v) is 6.17. The van der Waals surface area contributed by atoms with Crippen molar-refractivity contribution in [3.63, 3.8) is 0 Å². The average Bonchev–Trinajstić information content (AvgIpc) is 2.64. The smallest absolute Gasteiger partial charge is 0.128 e. The summed E-state index contributed by atoms with van der Waals surface area (Å²) in [5.41, 5.74) is 4.48. The summed E-state index contributed by atoms with van der Waals surface area (Å²) in [4.78, 5) is 2.31. The van der Waals surface area contributed by atoms with Crippen molar-refractivity contribution >= 4 is 40.5 Å². The number of ether oxygens (including phenoxy) is 1. The topological polar surface area (TPSA) is 36.3 Å². The molecular weight excluding hydrogens is 391 g/mol. The lowest BCUT2D eigenvalue weighted by atomic mass is 9.79. The molecule has 0 aromatic heterocycles. The first-order valence-corrected chi connectivity index (χ1v) is 9.96. The Balaban J connectivity index is 2.16. The predicted molar refractivity (Wildman–Crippen MR) is 118 cm³/mol. The number of rotatable bonds is 3. The molecule has 0 radical (unpaired) electrons. The van der Waals surface area contributed by atoms with E-state index in [2.05, 4.69) is 50.9 Å². The molecule has 2 aromatic rings. The Kier molecular flexibility index (Phi) is 5.66. The molecule has 146 valence electrons. The van der Waals surface area contributed by atoms with Gasteiger partial charge in [-0.25, -0.2) is 0 Å². The van der Waals surface area contributed by atoms with Crippen molar-refractivity contribution in [3.8, 4) is 11.8 Å². The normalized spacial score (nSPS) is 18.4. The number of allylic oxidation sites excluding steroid dienone is 1. The molecule has 1 heterocycles. The summed E-state index contributed by atoms with van der Waals surface area (Å²) in [6.07, 6.45) is 2.89. The first-order chi connectivity index (χ1) is 13.2. The molecule has 1 aliphatic heterocycles. The van der Waals surface area contributed by atoms with Gasteiger partial charge in [-0.2, -0.15) is 5.26 Å². The van der Waals surface area contributed by atoms with Gasteiger partial charge in [0, 0.05) is 40.5 Å². The van der Waals surface area contributed by atoms with Crippen LogP contribution in [0.2, 0.25) is 10.0 Å². The Labute approximate surface area is 177 Å². The van der Waals surface area contributed by atoms with E-state index >= 15 is 0 Å². The fourth-order valence-corrected chi connectivity index (χ4v) is 4.44. The fourth-order valence-electron chi connectivity index (χ4n) is 3.93. The molecule has 0 bridgehead atoms. The average molecular weight is 415 g/mol. The van der Waals surface area contributed by atoms with E-state index in [0.29, 0.717) is 27.1 Å². The van der Waals surface area contributed by atoms with Crippen molar-refractivity contribution in [2.75, 3.05) is 19.1 Å². The molecule has 2 aromatic carbocycles. The van der Waals surface area contributed by atoms with Gasteiger partial charge in [0.2, 0.25) is 0 Å². The van der Waals surface area contributed by atoms with Crippen LogP contribution in [0, 0.1) is 11.3 Å². The number of hydrogen-bond acceptors (Lipinski definition) is 3. The van der Waals surface area contributed by atoms with Gasteiger partial charge in [0.25, 0.3) is 0 Å². The van der Waals surface area contributed by atoms with Gasteiger partial charge in [0.15, 0.2) is 0 Å². The van der Waals surface area contributed by atoms with Gasteiger partial charge in [-0.3, -0.25) is 0 Å². The lowest BCUT2D eigenvalue weighted by Crippen LogP contribution is -2.45. The molecule has 1 aliphatic rings. The molecule has 0 saturated carbocycles. The van der Waals surface area contributed by atoms with E-state index in [1.807, 2.05) is 6.08 Å². The molecule has 0 spiro atoms. The molecule has 3 nitrogen and oxygen atoms in total. The summed E-state index contributed by atoms with van der Waals surface area (Å²) in [5, 5.41) is 10.7. The SMILES string of the molecule is COc1cc2c(cc1/C=C(\C#N)c1ccc(Cl)cc1Cl)C(C)CC(C)(C)N2C. The highest BCUT2D eigenvalue weighted by Gasteiger charge is 2.34. The Morgan fingerprint density at radius 2 is 2.00 bits per heavy atom. The minimum atomic E-state index is 0.0728. The second kappa shape index (κ2) is 7.70. The molecule has 0 aliphatic carbocycles. The summed E-state index contributed by atoms with van der Waals surface area (Å²) in [6, 6.07) is 11.6. The first kappa shape index (κ1) is 20.6. The van der Waals surface area contributed by atoms with E-state index in [0.717, 1.165) is 17.7 Å². The van der Waals surface area contributed by atoms with Crippen LogP contribution in [0.25, 0.3) is 11.6 Å². The van der Waals surface area contributed by atoms with Gasteiger partial charge >= 0.3 is 0 Å². The third-order valence-electron chi connectivity index (χ3n) is 5.63. The molecule has 5 heteroatoms. The number of methoxy groups -OCH3 is 1. The van der Waals surface area contributed by atoms with Crippen molar-refractivity contribution in [2.24, 2.45) is 0 Å². The van der Waals surface area contributed by atoms with Crippen LogP contribution >= 0.6 is 23.2 Å². The van der Waals surface area contributed by atoms with Crippen LogP contribution in [0.3, 0.4) is 0 Å². The van der Waals surface area contributed by atoms with E-state index in [1.165, 1.54) is 11.3 Å². The van der Waals surface area contributed by atoms with E-state index in [4.69, 9.17) is 27.9 Å². The van der Waals surface area contributed by atoms with Crippen LogP contribution in [0.4, 0.5) is 5.69 Å². The van der Waals surface area contributed by atoms with Crippen molar-refractivity contribution in [2.45, 2.75) is 38.6 Å². The van der Waals surface area contributed by atoms with Gasteiger partial charge in [0.05, 0.1) is 23.8 Å². The van der Waals surface area contributed by atoms with Crippen LogP contribution in [0.1, 0.15) is 49.8 Å². The Hall–Kier alpha value is -2.15. The number of fused-ring (bicyclic) bond motifs is 1. The molecule has 0 fully saturated rings. The van der Waals surface area contributed by atoms with Crippen LogP contribution in [-0.2, 0) is 0 Å². The second-order valence-corrected chi connectivity index (χ2v) is 8.77. The van der Waals surface area contributed by atoms with Gasteiger partial charge in [0.1, 0.15) is 5.75 Å². The molecule has 0 saturated heterocycles. The third kappa shape index (κ3) is 3.72. The van der Waals surface area contributed by atoms with Crippen LogP contribution in [-0.4, -0.2) is 19.7 Å². The molecule has 1 atom stereocenters. The molecule has 0 amide bonds. The van der Waals surface area contributed by atoms with Crippen LogP contribution < -0.4 is 9.64 Å². The maximum Gasteiger partial charge on any atom is 0.128 e. The number of hydrogen-bond donors (Lipinski definition) is 0. The summed E-state index contributed by atoms with van der Waals surface area (Å²) >= 11 is 12.3. The maximum absolute atomic E-state index is 9.74. The number of halogens is 2. The van der Waals surface area contributed by atoms with Gasteiger partial charge in [-0.1, -0.05) is 36.2 Å². The van der Waals surface area contributed by atoms with Crippen molar-refractivity contribution in [1.29, 1.82) is 5.26 Å². The monoisotopic (exact) mass is 414 g/mol. The number of nitriles is 1. The lowest BCUT2D eigenvalue weighted by molar-refractivity contribution is 0.389. The lowest BCUT2D eigenvalue weighted by Gasteiger charge is -2.45. The Morgan fingerprint density at radius 3 is 2.61 bits per heavy atom. The summed E-state index contributed by atoms with van der Waals surface area (Å²) < 4.78 is 5.66. The van der Waals surface area contributed by atoms with E-state index < -0.39 is 0 Å². The zero-order valence-electron chi connectivity index (χ0n) is 16.8. The predicted octanol–water partition coefficient (Wildman–Crippen LogP) is 6.79. The molecule has 3 rings (SSSR count). The summed E-state index contributed by atoms with van der Waals surface area (Å²) in [6.45, 7) is 6.75. The molecule has 28 heavy (non-hydrogen) atoms. The van der Waals surface area contributed by atoms with Crippen molar-refractivity contribution < 1.29 is 4.74 Å². The Morgan fingerprint density at radius 1 is 1.29 bits per heavy atom. The quantitative estimate of drug-likeness (QED) is 0.409. The number of anilines is 1. The van der Waals surface area contributed by atoms with Gasteiger partial charge in [-0.15, -0.1) is 0 Å². The first-order valence-electron chi connectivity index (χ1n) is 9.21. The Bertz CT molecular complexity index is 989. The summed E-state index contributed by atoms with van der Waals surface area (Å²) in [7, 11) is 3.77. The standard InChI is InChI=1S/C23H24Cl2N2O/c1-14-12-23(2,3)27(4)21-11-22(28-5)15(9-19(14)21)8-16(13-26)18-7-6-17(24)10-20(18)25/h6-11,14H,12H2,1-5H3/b16-8+. The van der Waals surface area contributed by atoms with E-state index in [1.54, 1.807) is 25.3 Å².